The van der Waals surface area contributed by atoms with E-state index in [1.807, 2.05) is 20.8 Å². The average molecular weight is 262 g/mol. The van der Waals surface area contributed by atoms with Gasteiger partial charge in [0.05, 0.1) is 7.11 Å². The van der Waals surface area contributed by atoms with Gasteiger partial charge in [-0.1, -0.05) is 0 Å². The van der Waals surface area contributed by atoms with E-state index in [2.05, 4.69) is 0 Å². The topological polar surface area (TPSA) is 63.6 Å². The van der Waals surface area contributed by atoms with Crippen LogP contribution in [0.5, 0.6) is 5.75 Å². The zero-order chi connectivity index (χ0) is 14.4. The summed E-state index contributed by atoms with van der Waals surface area (Å²) >= 11 is 0. The van der Waals surface area contributed by atoms with Gasteiger partial charge in [0.25, 0.3) is 0 Å². The largest absolute Gasteiger partial charge is 0.496 e. The van der Waals surface area contributed by atoms with E-state index >= 15 is 0 Å². The summed E-state index contributed by atoms with van der Waals surface area (Å²) in [5.74, 6) is -0.524. The smallest absolute Gasteiger partial charge is 0.317 e. The number of benzene rings is 1. The van der Waals surface area contributed by atoms with E-state index in [1.165, 1.54) is 0 Å². The molecule has 0 aliphatic heterocycles. The van der Waals surface area contributed by atoms with Crippen molar-refractivity contribution in [3.8, 4) is 5.75 Å². The fraction of sp³-hybridized carbons (Fsp3) is 0.467. The van der Waals surface area contributed by atoms with Crippen molar-refractivity contribution in [3.63, 3.8) is 0 Å². The Morgan fingerprint density at radius 2 is 1.79 bits per heavy atom. The number of carboxylic acid groups (broad SMARTS) is 1. The molecule has 0 atom stereocenters. The van der Waals surface area contributed by atoms with E-state index in [-0.39, 0.29) is 5.78 Å². The third-order valence-electron chi connectivity index (χ3n) is 4.07. The normalized spacial score (nSPS) is 16.0. The van der Waals surface area contributed by atoms with E-state index in [9.17, 15) is 14.7 Å². The van der Waals surface area contributed by atoms with E-state index in [1.54, 1.807) is 13.2 Å². The number of carboxylic acids is 1. The van der Waals surface area contributed by atoms with E-state index in [4.69, 9.17) is 4.74 Å². The molecule has 0 unspecified atom stereocenters. The van der Waals surface area contributed by atoms with Crippen molar-refractivity contribution in [2.75, 3.05) is 7.11 Å². The molecule has 102 valence electrons. The fourth-order valence-corrected chi connectivity index (χ4v) is 2.53. The van der Waals surface area contributed by atoms with Crippen molar-refractivity contribution in [2.45, 2.75) is 33.6 Å². The average Bonchev–Trinajstić information content (AvgIpc) is 3.15. The first-order valence-corrected chi connectivity index (χ1v) is 6.28. The van der Waals surface area contributed by atoms with Crippen LogP contribution in [0, 0.1) is 26.2 Å². The molecule has 0 saturated heterocycles. The van der Waals surface area contributed by atoms with E-state index in [0.29, 0.717) is 18.4 Å². The van der Waals surface area contributed by atoms with Crippen LogP contribution in [-0.4, -0.2) is 24.0 Å². The Morgan fingerprint density at radius 3 is 2.21 bits per heavy atom. The second-order valence-electron chi connectivity index (χ2n) is 5.24. The fourth-order valence-electron chi connectivity index (χ4n) is 2.53. The van der Waals surface area contributed by atoms with Crippen molar-refractivity contribution < 1.29 is 19.4 Å². The zero-order valence-corrected chi connectivity index (χ0v) is 11.7. The molecule has 4 heteroatoms. The van der Waals surface area contributed by atoms with Gasteiger partial charge >= 0.3 is 5.97 Å². The highest BCUT2D eigenvalue weighted by atomic mass is 16.5. The van der Waals surface area contributed by atoms with Crippen LogP contribution in [0.1, 0.15) is 39.9 Å². The minimum atomic E-state index is -1.18. The minimum Gasteiger partial charge on any atom is -0.496 e. The van der Waals surface area contributed by atoms with Gasteiger partial charge in [0, 0.05) is 5.56 Å². The Kier molecular flexibility index (Phi) is 3.12. The number of hydrogen-bond acceptors (Lipinski definition) is 3. The molecule has 4 nitrogen and oxygen atoms in total. The predicted molar refractivity (Wildman–Crippen MR) is 70.8 cm³/mol. The highest BCUT2D eigenvalue weighted by molar-refractivity contribution is 6.15. The van der Waals surface area contributed by atoms with Crippen molar-refractivity contribution >= 4 is 11.8 Å². The summed E-state index contributed by atoms with van der Waals surface area (Å²) in [4.78, 5) is 23.7. The van der Waals surface area contributed by atoms with Crippen LogP contribution in [-0.2, 0) is 4.79 Å². The lowest BCUT2D eigenvalue weighted by atomic mass is 9.88. The third kappa shape index (κ3) is 1.91. The molecular formula is C15H18O4. The van der Waals surface area contributed by atoms with Gasteiger partial charge in [0.1, 0.15) is 11.2 Å². The Balaban J connectivity index is 2.53. The molecule has 0 amide bonds. The van der Waals surface area contributed by atoms with E-state index in [0.717, 1.165) is 22.4 Å². The molecular weight excluding hydrogens is 244 g/mol. The van der Waals surface area contributed by atoms with Crippen LogP contribution in [0.4, 0.5) is 0 Å². The number of aryl methyl sites for hydroxylation is 1. The molecule has 1 saturated carbocycles. The zero-order valence-electron chi connectivity index (χ0n) is 11.7. The lowest BCUT2D eigenvalue weighted by Gasteiger charge is -2.17. The van der Waals surface area contributed by atoms with Gasteiger partial charge in [-0.15, -0.1) is 0 Å². The first kappa shape index (κ1) is 13.6. The SMILES string of the molecule is COc1c(C)cc(C(=O)C2(C(=O)O)CC2)c(C)c1C. The number of ether oxygens (including phenoxy) is 1. The summed E-state index contributed by atoms with van der Waals surface area (Å²) in [6.07, 6.45) is 0.870. The first-order valence-electron chi connectivity index (χ1n) is 6.28. The van der Waals surface area contributed by atoms with Crippen LogP contribution in [0.15, 0.2) is 6.07 Å². The highest BCUT2D eigenvalue weighted by Gasteiger charge is 2.57. The molecule has 2 rings (SSSR count). The minimum absolute atomic E-state index is 0.272. The third-order valence-corrected chi connectivity index (χ3v) is 4.07. The monoisotopic (exact) mass is 262 g/mol. The van der Waals surface area contributed by atoms with Crippen molar-refractivity contribution in [2.24, 2.45) is 5.41 Å². The van der Waals surface area contributed by atoms with Gasteiger partial charge in [-0.25, -0.2) is 0 Å². The summed E-state index contributed by atoms with van der Waals surface area (Å²) in [6, 6.07) is 1.74. The lowest BCUT2D eigenvalue weighted by molar-refractivity contribution is -0.141. The molecule has 1 aliphatic rings. The molecule has 1 aromatic rings. The van der Waals surface area contributed by atoms with Crippen LogP contribution in [0.25, 0.3) is 0 Å². The van der Waals surface area contributed by atoms with Gasteiger partial charge in [0.15, 0.2) is 5.78 Å². The Labute approximate surface area is 112 Å². The quantitative estimate of drug-likeness (QED) is 0.669. The number of rotatable bonds is 4. The van der Waals surface area contributed by atoms with Crippen molar-refractivity contribution in [3.05, 3.63) is 28.3 Å². The standard InChI is InChI=1S/C15H18O4/c1-8-7-11(9(2)10(3)12(8)19-4)13(16)15(5-6-15)14(17)18/h7H,5-6H2,1-4H3,(H,17,18). The van der Waals surface area contributed by atoms with Crippen molar-refractivity contribution in [1.29, 1.82) is 0 Å². The Hall–Kier alpha value is -1.84. The second-order valence-corrected chi connectivity index (χ2v) is 5.24. The number of methoxy groups -OCH3 is 1. The number of Topliss-reactive ketones (excluding diaryl/α,β-unsaturated/α-hetero) is 1. The molecule has 19 heavy (non-hydrogen) atoms. The summed E-state index contributed by atoms with van der Waals surface area (Å²) in [6.45, 7) is 5.59. The molecule has 0 heterocycles. The maximum absolute atomic E-state index is 12.5. The van der Waals surface area contributed by atoms with Crippen LogP contribution >= 0.6 is 0 Å². The van der Waals surface area contributed by atoms with Crippen LogP contribution in [0.2, 0.25) is 0 Å². The van der Waals surface area contributed by atoms with Gasteiger partial charge < -0.3 is 9.84 Å². The highest BCUT2D eigenvalue weighted by Crippen LogP contribution is 2.49. The molecule has 0 aromatic heterocycles. The number of carbonyl (C=O) groups excluding carboxylic acids is 1. The molecule has 1 N–H and O–H groups in total. The molecule has 0 spiro atoms. The first-order chi connectivity index (χ1) is 8.85. The van der Waals surface area contributed by atoms with E-state index < -0.39 is 11.4 Å². The van der Waals surface area contributed by atoms with Gasteiger partial charge in [-0.05, 0) is 56.4 Å². The predicted octanol–water partition coefficient (Wildman–Crippen LogP) is 2.67. The maximum Gasteiger partial charge on any atom is 0.317 e. The number of carbonyl (C=O) groups is 2. The van der Waals surface area contributed by atoms with Crippen molar-refractivity contribution in [1.82, 2.24) is 0 Å². The van der Waals surface area contributed by atoms with Gasteiger partial charge in [0.2, 0.25) is 0 Å². The lowest BCUT2D eigenvalue weighted by Crippen LogP contribution is -2.26. The Morgan fingerprint density at radius 1 is 1.21 bits per heavy atom. The maximum atomic E-state index is 12.5. The van der Waals surface area contributed by atoms with Crippen LogP contribution in [0.3, 0.4) is 0 Å². The Bertz CT molecular complexity index is 568. The summed E-state index contributed by atoms with van der Waals surface area (Å²) in [7, 11) is 1.59. The summed E-state index contributed by atoms with van der Waals surface area (Å²) in [5, 5.41) is 9.22. The summed E-state index contributed by atoms with van der Waals surface area (Å²) < 4.78 is 5.31. The summed E-state index contributed by atoms with van der Waals surface area (Å²) in [5.41, 5.74) is 1.89. The molecule has 1 aliphatic carbocycles. The molecule has 1 fully saturated rings. The second kappa shape index (κ2) is 4.37. The number of aliphatic carboxylic acids is 1. The van der Waals surface area contributed by atoms with Crippen LogP contribution < -0.4 is 4.74 Å². The number of ketones is 1. The van der Waals surface area contributed by atoms with Gasteiger partial charge in [-0.3, -0.25) is 9.59 Å². The molecule has 0 radical (unpaired) electrons. The van der Waals surface area contributed by atoms with Gasteiger partial charge in [-0.2, -0.15) is 0 Å². The molecule has 0 bridgehead atoms. The number of hydrogen-bond donors (Lipinski definition) is 1. The molecule has 1 aromatic carbocycles.